The van der Waals surface area contributed by atoms with Gasteiger partial charge in [-0.2, -0.15) is 0 Å². The number of nitrogens with one attached hydrogen (secondary N) is 1. The molecular weight excluding hydrogens is 502 g/mol. The number of hydrogen-bond donors (Lipinski definition) is 2. The van der Waals surface area contributed by atoms with E-state index in [9.17, 15) is 19.2 Å². The number of rotatable bonds is 9. The van der Waals surface area contributed by atoms with Gasteiger partial charge in [-0.05, 0) is 12.8 Å². The molecule has 212 valence electrons. The molecule has 1 fully saturated rings. The van der Waals surface area contributed by atoms with Crippen molar-refractivity contribution in [1.82, 2.24) is 10.3 Å². The van der Waals surface area contributed by atoms with E-state index in [-0.39, 0.29) is 49.5 Å². The lowest BCUT2D eigenvalue weighted by molar-refractivity contribution is -0.173. The molecular formula is C25H37N3O10. The van der Waals surface area contributed by atoms with E-state index >= 15 is 0 Å². The number of amides is 1. The zero-order valence-corrected chi connectivity index (χ0v) is 22.6. The van der Waals surface area contributed by atoms with Crippen molar-refractivity contribution in [1.29, 1.82) is 0 Å². The van der Waals surface area contributed by atoms with Crippen LogP contribution in [0.15, 0.2) is 12.3 Å². The molecule has 0 saturated carbocycles. The molecule has 0 aromatic carbocycles. The highest BCUT2D eigenvalue weighted by Crippen LogP contribution is 2.30. The first-order chi connectivity index (χ1) is 18.0. The number of cyclic esters (lactones) is 1. The molecule has 2 unspecified atom stereocenters. The number of carbonyl (C=O) groups excluding carboxylic acids is 4. The second kappa shape index (κ2) is 14.5. The van der Waals surface area contributed by atoms with E-state index in [2.05, 4.69) is 10.3 Å². The van der Waals surface area contributed by atoms with Crippen molar-refractivity contribution in [3.8, 4) is 11.5 Å². The van der Waals surface area contributed by atoms with Crippen LogP contribution in [0, 0.1) is 17.8 Å². The molecule has 3 N–H and O–H groups in total. The van der Waals surface area contributed by atoms with Gasteiger partial charge in [0.15, 0.2) is 17.5 Å². The predicted octanol–water partition coefficient (Wildman–Crippen LogP) is 1.46. The third-order valence-electron chi connectivity index (χ3n) is 5.49. The smallest absolute Gasteiger partial charge is 0.493 e. The fraction of sp³-hybridized carbons (Fsp3) is 0.640. The van der Waals surface area contributed by atoms with Crippen LogP contribution < -0.4 is 20.5 Å². The molecule has 1 aromatic heterocycles. The van der Waals surface area contributed by atoms with Crippen LogP contribution in [0.5, 0.6) is 11.5 Å². The first-order valence-electron chi connectivity index (χ1n) is 12.4. The average molecular weight is 540 g/mol. The maximum atomic E-state index is 13.2. The lowest BCUT2D eigenvalue weighted by Crippen LogP contribution is -2.47. The van der Waals surface area contributed by atoms with E-state index in [1.165, 1.54) is 19.4 Å². The number of pyridine rings is 1. The number of methoxy groups -OCH3 is 1. The number of ether oxygens (including phenoxy) is 6. The van der Waals surface area contributed by atoms with Crippen molar-refractivity contribution in [2.45, 2.75) is 52.9 Å². The fourth-order valence-electron chi connectivity index (χ4n) is 3.41. The highest BCUT2D eigenvalue weighted by atomic mass is 16.7. The summed E-state index contributed by atoms with van der Waals surface area (Å²) in [6, 6.07) is 0.142. The Labute approximate surface area is 221 Å². The van der Waals surface area contributed by atoms with Crippen LogP contribution in [0.2, 0.25) is 0 Å². The maximum Gasteiger partial charge on any atom is 0.514 e. The van der Waals surface area contributed by atoms with E-state index in [1.54, 1.807) is 20.8 Å². The highest BCUT2D eigenvalue weighted by Gasteiger charge is 2.37. The van der Waals surface area contributed by atoms with Crippen LogP contribution in [-0.2, 0) is 28.5 Å². The van der Waals surface area contributed by atoms with E-state index in [4.69, 9.17) is 34.2 Å². The largest absolute Gasteiger partial charge is 0.514 e. The van der Waals surface area contributed by atoms with Gasteiger partial charge in [-0.1, -0.05) is 27.7 Å². The first kappa shape index (κ1) is 30.8. The summed E-state index contributed by atoms with van der Waals surface area (Å²) in [6.45, 7) is 8.64. The Balaban J connectivity index is 2.23. The number of esters is 2. The zero-order chi connectivity index (χ0) is 28.4. The lowest BCUT2D eigenvalue weighted by atomic mass is 9.99. The molecule has 0 spiro atoms. The molecule has 0 bridgehead atoms. The van der Waals surface area contributed by atoms with Gasteiger partial charge in [-0.25, -0.2) is 14.6 Å². The van der Waals surface area contributed by atoms with Gasteiger partial charge in [0.2, 0.25) is 5.75 Å². The topological polar surface area (TPSA) is 175 Å². The van der Waals surface area contributed by atoms with Gasteiger partial charge >= 0.3 is 18.1 Å². The molecule has 1 saturated heterocycles. The lowest BCUT2D eigenvalue weighted by Gasteiger charge is -2.30. The van der Waals surface area contributed by atoms with Crippen molar-refractivity contribution in [2.75, 3.05) is 33.5 Å². The van der Waals surface area contributed by atoms with E-state index in [1.807, 2.05) is 13.8 Å². The maximum absolute atomic E-state index is 13.2. The summed E-state index contributed by atoms with van der Waals surface area (Å²) in [6.07, 6.45) is -1.48. The minimum Gasteiger partial charge on any atom is -0.493 e. The summed E-state index contributed by atoms with van der Waals surface area (Å²) >= 11 is 0. The van der Waals surface area contributed by atoms with E-state index in [0.717, 1.165) is 0 Å². The number of nitrogens with zero attached hydrogens (tertiary/aromatic N) is 1. The Kier molecular flexibility index (Phi) is 11.7. The zero-order valence-electron chi connectivity index (χ0n) is 22.6. The average Bonchev–Trinajstić information content (AvgIpc) is 2.92. The molecule has 1 aliphatic rings. The molecule has 2 rings (SSSR count). The van der Waals surface area contributed by atoms with Crippen LogP contribution in [0.4, 0.5) is 4.79 Å². The van der Waals surface area contributed by atoms with Gasteiger partial charge in [-0.3, -0.25) is 9.59 Å². The number of nitrogens with two attached hydrogens (primary N) is 1. The molecule has 2 heterocycles. The molecule has 13 nitrogen and oxygen atoms in total. The van der Waals surface area contributed by atoms with Crippen molar-refractivity contribution < 1.29 is 47.6 Å². The summed E-state index contributed by atoms with van der Waals surface area (Å²) in [5.41, 5.74) is 5.55. The van der Waals surface area contributed by atoms with Crippen molar-refractivity contribution in [2.24, 2.45) is 23.5 Å². The van der Waals surface area contributed by atoms with E-state index in [0.29, 0.717) is 0 Å². The molecule has 1 amide bonds. The normalized spacial score (nSPS) is 22.0. The van der Waals surface area contributed by atoms with Gasteiger partial charge in [0.1, 0.15) is 12.2 Å². The van der Waals surface area contributed by atoms with Gasteiger partial charge in [-0.15, -0.1) is 0 Å². The Morgan fingerprint density at radius 3 is 2.53 bits per heavy atom. The Hall–Kier alpha value is -3.45. The SMILES string of the molecule is COc1ccnc(C(=O)NC2COC[C@H](CN)C(OC(=O)C(C)C)[C@H](C)OC2=O)c1OC(=O)OCC(C)C. The minimum absolute atomic E-state index is 0.0490. The Morgan fingerprint density at radius 2 is 1.92 bits per heavy atom. The second-order valence-electron chi connectivity index (χ2n) is 9.51. The molecule has 4 atom stereocenters. The summed E-state index contributed by atoms with van der Waals surface area (Å²) in [5.74, 6) is -3.17. The highest BCUT2D eigenvalue weighted by molar-refractivity contribution is 5.98. The number of hydrogen-bond acceptors (Lipinski definition) is 12. The summed E-state index contributed by atoms with van der Waals surface area (Å²) < 4.78 is 32.2. The first-order valence-corrected chi connectivity index (χ1v) is 12.4. The van der Waals surface area contributed by atoms with Gasteiger partial charge in [0.25, 0.3) is 5.91 Å². The van der Waals surface area contributed by atoms with Gasteiger partial charge in [0.05, 0.1) is 32.8 Å². The summed E-state index contributed by atoms with van der Waals surface area (Å²) in [4.78, 5) is 54.5. The van der Waals surface area contributed by atoms with Crippen LogP contribution in [0.3, 0.4) is 0 Å². The van der Waals surface area contributed by atoms with Crippen molar-refractivity contribution in [3.63, 3.8) is 0 Å². The molecule has 38 heavy (non-hydrogen) atoms. The van der Waals surface area contributed by atoms with Crippen LogP contribution in [0.1, 0.15) is 45.1 Å². The fourth-order valence-corrected chi connectivity index (χ4v) is 3.41. The third-order valence-corrected chi connectivity index (χ3v) is 5.49. The Morgan fingerprint density at radius 1 is 1.21 bits per heavy atom. The van der Waals surface area contributed by atoms with Crippen molar-refractivity contribution >= 4 is 24.0 Å². The molecule has 13 heteroatoms. The summed E-state index contributed by atoms with van der Waals surface area (Å²) in [5, 5.41) is 2.50. The van der Waals surface area contributed by atoms with Gasteiger partial charge in [0, 0.05) is 24.7 Å². The van der Waals surface area contributed by atoms with E-state index < -0.39 is 54.1 Å². The summed E-state index contributed by atoms with van der Waals surface area (Å²) in [7, 11) is 1.32. The molecule has 0 aliphatic carbocycles. The quantitative estimate of drug-likeness (QED) is 0.342. The number of carbonyl (C=O) groups is 4. The second-order valence-corrected chi connectivity index (χ2v) is 9.51. The van der Waals surface area contributed by atoms with Crippen molar-refractivity contribution in [3.05, 3.63) is 18.0 Å². The van der Waals surface area contributed by atoms with Gasteiger partial charge < -0.3 is 39.5 Å². The molecule has 1 aliphatic heterocycles. The number of aromatic nitrogens is 1. The minimum atomic E-state index is -1.25. The third kappa shape index (κ3) is 8.55. The monoisotopic (exact) mass is 539 g/mol. The molecule has 0 radical (unpaired) electrons. The standard InChI is InChI=1S/C25H37N3O10/c1-13(2)10-35-25(32)38-21-18(33-6)7-8-27-19(21)22(29)28-17-12-34-11-16(9-26)20(15(5)36-24(17)31)37-23(30)14(3)4/h7-8,13-17,20H,9-12,26H2,1-6H3,(H,28,29)/t15-,16-,17?,20?/m0/s1. The predicted molar refractivity (Wildman–Crippen MR) is 132 cm³/mol. The van der Waals surface area contributed by atoms with Crippen LogP contribution in [0.25, 0.3) is 0 Å². The molecule has 1 aromatic rings. The van der Waals surface area contributed by atoms with Crippen LogP contribution >= 0.6 is 0 Å². The Bertz CT molecular complexity index is 984. The van der Waals surface area contributed by atoms with Crippen LogP contribution in [-0.4, -0.2) is 80.7 Å².